The van der Waals surface area contributed by atoms with E-state index in [4.69, 9.17) is 4.74 Å². The van der Waals surface area contributed by atoms with Crippen LogP contribution in [0.15, 0.2) is 72.9 Å². The highest BCUT2D eigenvalue weighted by Crippen LogP contribution is 2.31. The third kappa shape index (κ3) is 4.26. The first kappa shape index (κ1) is 18.3. The Hall–Kier alpha value is -3.05. The topological polar surface area (TPSA) is 46.5 Å². The molecular weight excluding hydrogens is 350 g/mol. The number of carbonyl (C=O) groups excluding carboxylic acids is 1. The second-order valence-electron chi connectivity index (χ2n) is 7.16. The predicted octanol–water partition coefficient (Wildman–Crippen LogP) is 4.59. The molecule has 0 radical (unpaired) electrons. The minimum atomic E-state index is 0.0119. The molecule has 1 aliphatic heterocycles. The van der Waals surface area contributed by atoms with Gasteiger partial charge in [0.15, 0.2) is 0 Å². The largest absolute Gasteiger partial charge is 0.457 e. The van der Waals surface area contributed by atoms with Crippen molar-refractivity contribution in [2.45, 2.75) is 18.9 Å². The first-order valence-corrected chi connectivity index (χ1v) is 9.67. The van der Waals surface area contributed by atoms with E-state index in [1.807, 2.05) is 54.6 Å². The summed E-state index contributed by atoms with van der Waals surface area (Å²) in [5.74, 6) is 1.55. The molecule has 1 fully saturated rings. The molecule has 2 heterocycles. The average Bonchev–Trinajstić information content (AvgIpc) is 3.32. The quantitative estimate of drug-likeness (QED) is 0.685. The number of ether oxygens (including phenoxy) is 1. The molecule has 144 valence electrons. The highest BCUT2D eigenvalue weighted by atomic mass is 16.5. The Labute approximate surface area is 165 Å². The highest BCUT2D eigenvalue weighted by Gasteiger charge is 2.28. The predicted molar refractivity (Wildman–Crippen MR) is 111 cm³/mol. The molecule has 1 aliphatic rings. The Bertz CT molecular complexity index is 919. The van der Waals surface area contributed by atoms with E-state index >= 15 is 0 Å². The van der Waals surface area contributed by atoms with Crippen molar-refractivity contribution in [2.75, 3.05) is 18.4 Å². The second-order valence-corrected chi connectivity index (χ2v) is 7.16. The standard InChI is InChI=1S/C23H25N3O2/c1-25-15-5-9-21(25)22-10-6-16-26(22)17-23(27)24-18-11-13-20(14-12-18)28-19-7-3-2-4-8-19/h2-5,7-9,11-15,22H,6,10,16-17H2,1H3,(H,24,27). The number of benzene rings is 2. The van der Waals surface area contributed by atoms with Gasteiger partial charge in [-0.05, 0) is 67.9 Å². The summed E-state index contributed by atoms with van der Waals surface area (Å²) in [5, 5.41) is 3.00. The number of rotatable bonds is 6. The van der Waals surface area contributed by atoms with Crippen molar-refractivity contribution >= 4 is 11.6 Å². The van der Waals surface area contributed by atoms with Crippen molar-refractivity contribution in [3.05, 3.63) is 78.6 Å². The van der Waals surface area contributed by atoms with Crippen LogP contribution in [0.2, 0.25) is 0 Å². The van der Waals surface area contributed by atoms with Crippen LogP contribution in [0, 0.1) is 0 Å². The maximum atomic E-state index is 12.6. The van der Waals surface area contributed by atoms with Gasteiger partial charge >= 0.3 is 0 Å². The minimum Gasteiger partial charge on any atom is -0.457 e. The Kier molecular flexibility index (Phi) is 5.44. The molecule has 1 unspecified atom stereocenters. The van der Waals surface area contributed by atoms with E-state index < -0.39 is 0 Å². The number of hydrogen-bond donors (Lipinski definition) is 1. The van der Waals surface area contributed by atoms with Crippen molar-refractivity contribution in [2.24, 2.45) is 7.05 Å². The fraction of sp³-hybridized carbons (Fsp3) is 0.261. The van der Waals surface area contributed by atoms with Gasteiger partial charge in [0, 0.05) is 24.6 Å². The Morgan fingerprint density at radius 2 is 1.79 bits per heavy atom. The first-order chi connectivity index (χ1) is 13.7. The summed E-state index contributed by atoms with van der Waals surface area (Å²) >= 11 is 0. The Balaban J connectivity index is 1.34. The average molecular weight is 375 g/mol. The van der Waals surface area contributed by atoms with Gasteiger partial charge < -0.3 is 14.6 Å². The number of nitrogens with one attached hydrogen (secondary N) is 1. The zero-order chi connectivity index (χ0) is 19.3. The van der Waals surface area contributed by atoms with Gasteiger partial charge in [0.25, 0.3) is 0 Å². The van der Waals surface area contributed by atoms with Crippen LogP contribution in [0.4, 0.5) is 5.69 Å². The molecule has 4 rings (SSSR count). The van der Waals surface area contributed by atoms with Crippen molar-refractivity contribution in [1.29, 1.82) is 0 Å². The van der Waals surface area contributed by atoms with E-state index in [-0.39, 0.29) is 5.91 Å². The normalized spacial score (nSPS) is 16.8. The third-order valence-electron chi connectivity index (χ3n) is 5.15. The number of nitrogens with zero attached hydrogens (tertiary/aromatic N) is 2. The monoisotopic (exact) mass is 375 g/mol. The summed E-state index contributed by atoms with van der Waals surface area (Å²) in [7, 11) is 2.06. The van der Waals surface area contributed by atoms with Crippen molar-refractivity contribution in [1.82, 2.24) is 9.47 Å². The van der Waals surface area contributed by atoms with Gasteiger partial charge in [0.05, 0.1) is 12.6 Å². The van der Waals surface area contributed by atoms with Crippen molar-refractivity contribution < 1.29 is 9.53 Å². The Morgan fingerprint density at radius 3 is 2.50 bits per heavy atom. The summed E-state index contributed by atoms with van der Waals surface area (Å²) in [4.78, 5) is 14.8. The number of para-hydroxylation sites is 1. The van der Waals surface area contributed by atoms with E-state index in [1.165, 1.54) is 5.69 Å². The van der Waals surface area contributed by atoms with Crippen molar-refractivity contribution in [3.63, 3.8) is 0 Å². The summed E-state index contributed by atoms with van der Waals surface area (Å²) in [6.45, 7) is 1.35. The van der Waals surface area contributed by atoms with Gasteiger partial charge in [-0.15, -0.1) is 0 Å². The lowest BCUT2D eigenvalue weighted by Gasteiger charge is -2.24. The van der Waals surface area contributed by atoms with Gasteiger partial charge in [0.2, 0.25) is 5.91 Å². The molecule has 28 heavy (non-hydrogen) atoms. The molecule has 2 aromatic carbocycles. The molecule has 1 saturated heterocycles. The fourth-order valence-corrected chi connectivity index (χ4v) is 3.79. The molecule has 0 bridgehead atoms. The van der Waals surface area contributed by atoms with Gasteiger partial charge in [-0.25, -0.2) is 0 Å². The van der Waals surface area contributed by atoms with E-state index in [0.29, 0.717) is 12.6 Å². The smallest absolute Gasteiger partial charge is 0.238 e. The molecule has 1 amide bonds. The molecule has 0 spiro atoms. The third-order valence-corrected chi connectivity index (χ3v) is 5.15. The van der Waals surface area contributed by atoms with Crippen LogP contribution in [0.5, 0.6) is 11.5 Å². The lowest BCUT2D eigenvalue weighted by Crippen LogP contribution is -2.33. The van der Waals surface area contributed by atoms with Gasteiger partial charge in [-0.3, -0.25) is 9.69 Å². The highest BCUT2D eigenvalue weighted by molar-refractivity contribution is 5.92. The summed E-state index contributed by atoms with van der Waals surface area (Å²) in [6.07, 6.45) is 4.27. The number of aromatic nitrogens is 1. The molecule has 5 heteroatoms. The molecule has 0 saturated carbocycles. The molecule has 3 aromatic rings. The lowest BCUT2D eigenvalue weighted by molar-refractivity contribution is -0.117. The van der Waals surface area contributed by atoms with Crippen LogP contribution >= 0.6 is 0 Å². The van der Waals surface area contributed by atoms with Crippen LogP contribution in [-0.2, 0) is 11.8 Å². The van der Waals surface area contributed by atoms with Gasteiger partial charge in [0.1, 0.15) is 11.5 Å². The molecule has 5 nitrogen and oxygen atoms in total. The number of carbonyl (C=O) groups is 1. The van der Waals surface area contributed by atoms with Crippen LogP contribution in [0.3, 0.4) is 0 Å². The van der Waals surface area contributed by atoms with Crippen molar-refractivity contribution in [3.8, 4) is 11.5 Å². The SMILES string of the molecule is Cn1cccc1C1CCCN1CC(=O)Nc1ccc(Oc2ccccc2)cc1. The molecule has 0 aliphatic carbocycles. The number of likely N-dealkylation sites (tertiary alicyclic amines) is 1. The second kappa shape index (κ2) is 8.31. The summed E-state index contributed by atoms with van der Waals surface area (Å²) < 4.78 is 7.93. The van der Waals surface area contributed by atoms with Crippen LogP contribution < -0.4 is 10.1 Å². The zero-order valence-corrected chi connectivity index (χ0v) is 16.0. The van der Waals surface area contributed by atoms with Crippen LogP contribution in [0.25, 0.3) is 0 Å². The number of amides is 1. The molecule has 1 atom stereocenters. The van der Waals surface area contributed by atoms with E-state index in [0.717, 1.165) is 36.6 Å². The summed E-state index contributed by atoms with van der Waals surface area (Å²) in [5.41, 5.74) is 2.05. The van der Waals surface area contributed by atoms with E-state index in [9.17, 15) is 4.79 Å². The van der Waals surface area contributed by atoms with E-state index in [1.54, 1.807) is 0 Å². The maximum absolute atomic E-state index is 12.6. The Morgan fingerprint density at radius 1 is 1.04 bits per heavy atom. The molecule has 1 aromatic heterocycles. The van der Waals surface area contributed by atoms with Gasteiger partial charge in [-0.1, -0.05) is 18.2 Å². The van der Waals surface area contributed by atoms with Gasteiger partial charge in [-0.2, -0.15) is 0 Å². The maximum Gasteiger partial charge on any atom is 0.238 e. The molecule has 1 N–H and O–H groups in total. The number of aryl methyl sites for hydroxylation is 1. The van der Waals surface area contributed by atoms with Crippen LogP contribution in [-0.4, -0.2) is 28.5 Å². The zero-order valence-electron chi connectivity index (χ0n) is 16.0. The number of anilines is 1. The molecular formula is C23H25N3O2. The first-order valence-electron chi connectivity index (χ1n) is 9.67. The number of hydrogen-bond acceptors (Lipinski definition) is 3. The lowest BCUT2D eigenvalue weighted by atomic mass is 10.1. The van der Waals surface area contributed by atoms with E-state index in [2.05, 4.69) is 40.2 Å². The summed E-state index contributed by atoms with van der Waals surface area (Å²) in [6, 6.07) is 21.6. The fourth-order valence-electron chi connectivity index (χ4n) is 3.79. The minimum absolute atomic E-state index is 0.0119. The van der Waals surface area contributed by atoms with Crippen LogP contribution in [0.1, 0.15) is 24.6 Å².